The van der Waals surface area contributed by atoms with Crippen LogP contribution in [0.2, 0.25) is 0 Å². The van der Waals surface area contributed by atoms with E-state index >= 15 is 0 Å². The third-order valence-electron chi connectivity index (χ3n) is 2.97. The van der Waals surface area contributed by atoms with Gasteiger partial charge in [0.25, 0.3) is 0 Å². The first-order valence-electron chi connectivity index (χ1n) is 5.86. The van der Waals surface area contributed by atoms with Crippen LogP contribution in [0.4, 0.5) is 5.69 Å². The highest BCUT2D eigenvalue weighted by atomic mass is 14.7. The predicted octanol–water partition coefficient (Wildman–Crippen LogP) is 2.80. The number of benzene rings is 1. The molecule has 3 rings (SSSR count). The van der Waals surface area contributed by atoms with Crippen LogP contribution in [0.25, 0.3) is 10.9 Å². The summed E-state index contributed by atoms with van der Waals surface area (Å²) in [6.45, 7) is 0. The maximum atomic E-state index is 5.91. The van der Waals surface area contributed by atoms with Crippen molar-refractivity contribution in [2.75, 3.05) is 5.73 Å². The number of para-hydroxylation sites is 1. The van der Waals surface area contributed by atoms with Crippen molar-refractivity contribution in [1.82, 2.24) is 9.97 Å². The lowest BCUT2D eigenvalue weighted by Gasteiger charge is -2.05. The topological polar surface area (TPSA) is 51.8 Å². The highest BCUT2D eigenvalue weighted by Crippen LogP contribution is 2.16. The molecule has 0 aliphatic carbocycles. The number of fused-ring (bicyclic) bond motifs is 1. The first-order chi connectivity index (χ1) is 8.83. The molecule has 2 N–H and O–H groups in total. The van der Waals surface area contributed by atoms with Gasteiger partial charge in [-0.3, -0.25) is 9.97 Å². The number of pyridine rings is 2. The van der Waals surface area contributed by atoms with Crippen LogP contribution in [0, 0.1) is 0 Å². The molecule has 0 radical (unpaired) electrons. The van der Waals surface area contributed by atoms with Crippen molar-refractivity contribution >= 4 is 16.6 Å². The molecule has 0 aliphatic heterocycles. The van der Waals surface area contributed by atoms with E-state index in [2.05, 4.69) is 22.1 Å². The predicted molar refractivity (Wildman–Crippen MR) is 73.2 cm³/mol. The molecule has 0 aliphatic rings. The van der Waals surface area contributed by atoms with Crippen LogP contribution in [0.1, 0.15) is 11.3 Å². The van der Waals surface area contributed by atoms with E-state index in [1.54, 1.807) is 12.4 Å². The van der Waals surface area contributed by atoms with E-state index in [0.29, 0.717) is 6.42 Å². The van der Waals surface area contributed by atoms with Crippen LogP contribution < -0.4 is 5.73 Å². The molecule has 2 aromatic heterocycles. The molecule has 1 aromatic carbocycles. The van der Waals surface area contributed by atoms with Crippen LogP contribution in [0.15, 0.2) is 54.9 Å². The van der Waals surface area contributed by atoms with Crippen molar-refractivity contribution in [2.24, 2.45) is 0 Å². The van der Waals surface area contributed by atoms with Crippen molar-refractivity contribution in [1.29, 1.82) is 0 Å². The highest BCUT2D eigenvalue weighted by Gasteiger charge is 2.03. The van der Waals surface area contributed by atoms with Gasteiger partial charge in [0.05, 0.1) is 5.52 Å². The van der Waals surface area contributed by atoms with Gasteiger partial charge in [-0.05, 0) is 23.8 Å². The molecule has 0 spiro atoms. The monoisotopic (exact) mass is 235 g/mol. The average molecular weight is 235 g/mol. The standard InChI is InChI=1S/C15H13N3/c16-14-7-8-17-10-12(14)9-13-6-5-11-3-1-2-4-15(11)18-13/h1-8,10H,9H2,(H2,16,17). The molecule has 0 amide bonds. The summed E-state index contributed by atoms with van der Waals surface area (Å²) in [4.78, 5) is 8.72. The Morgan fingerprint density at radius 2 is 1.89 bits per heavy atom. The van der Waals surface area contributed by atoms with Gasteiger partial charge in [-0.15, -0.1) is 0 Å². The summed E-state index contributed by atoms with van der Waals surface area (Å²) >= 11 is 0. The normalized spacial score (nSPS) is 10.7. The number of nitrogens with two attached hydrogens (primary N) is 1. The van der Waals surface area contributed by atoms with E-state index in [9.17, 15) is 0 Å². The zero-order valence-electron chi connectivity index (χ0n) is 9.88. The van der Waals surface area contributed by atoms with E-state index in [1.807, 2.05) is 30.3 Å². The quantitative estimate of drug-likeness (QED) is 0.743. The fraction of sp³-hybridized carbons (Fsp3) is 0.0667. The minimum Gasteiger partial charge on any atom is -0.398 e. The largest absolute Gasteiger partial charge is 0.398 e. The maximum absolute atomic E-state index is 5.91. The Balaban J connectivity index is 1.98. The number of nitrogen functional groups attached to an aromatic ring is 1. The molecule has 0 saturated carbocycles. The third-order valence-corrected chi connectivity index (χ3v) is 2.97. The molecule has 3 aromatic rings. The summed E-state index contributed by atoms with van der Waals surface area (Å²) in [6, 6.07) is 14.0. The number of hydrogen-bond donors (Lipinski definition) is 1. The lowest BCUT2D eigenvalue weighted by atomic mass is 10.1. The van der Waals surface area contributed by atoms with Crippen molar-refractivity contribution in [3.05, 3.63) is 66.1 Å². The fourth-order valence-electron chi connectivity index (χ4n) is 1.99. The Labute approximate surface area is 105 Å². The second-order valence-corrected chi connectivity index (χ2v) is 4.25. The van der Waals surface area contributed by atoms with Gasteiger partial charge < -0.3 is 5.73 Å². The zero-order chi connectivity index (χ0) is 12.4. The van der Waals surface area contributed by atoms with Gasteiger partial charge in [0.1, 0.15) is 0 Å². The highest BCUT2D eigenvalue weighted by molar-refractivity contribution is 5.78. The first-order valence-corrected chi connectivity index (χ1v) is 5.86. The summed E-state index contributed by atoms with van der Waals surface area (Å²) in [6.07, 6.45) is 4.21. The second-order valence-electron chi connectivity index (χ2n) is 4.25. The summed E-state index contributed by atoms with van der Waals surface area (Å²) < 4.78 is 0. The van der Waals surface area contributed by atoms with Crippen LogP contribution in [0.5, 0.6) is 0 Å². The van der Waals surface area contributed by atoms with Gasteiger partial charge in [-0.1, -0.05) is 24.3 Å². The minimum absolute atomic E-state index is 0.713. The van der Waals surface area contributed by atoms with Gasteiger partial charge in [0, 0.05) is 35.6 Å². The number of nitrogens with zero attached hydrogens (tertiary/aromatic N) is 2. The molecule has 0 bridgehead atoms. The van der Waals surface area contributed by atoms with Crippen LogP contribution in [0.3, 0.4) is 0 Å². The Bertz CT molecular complexity index is 692. The molecule has 3 heteroatoms. The zero-order valence-corrected chi connectivity index (χ0v) is 9.88. The summed E-state index contributed by atoms with van der Waals surface area (Å²) in [5.41, 5.74) is 9.71. The lowest BCUT2D eigenvalue weighted by molar-refractivity contribution is 1.08. The van der Waals surface area contributed by atoms with Gasteiger partial charge in [0.2, 0.25) is 0 Å². The van der Waals surface area contributed by atoms with E-state index in [0.717, 1.165) is 27.8 Å². The summed E-state index contributed by atoms with van der Waals surface area (Å²) in [5, 5.41) is 1.15. The van der Waals surface area contributed by atoms with Crippen LogP contribution in [-0.4, -0.2) is 9.97 Å². The Morgan fingerprint density at radius 1 is 1.00 bits per heavy atom. The molecular weight excluding hydrogens is 222 g/mol. The molecular formula is C15H13N3. The lowest BCUT2D eigenvalue weighted by Crippen LogP contribution is -1.98. The van der Waals surface area contributed by atoms with Crippen molar-refractivity contribution < 1.29 is 0 Å². The van der Waals surface area contributed by atoms with Gasteiger partial charge in [-0.2, -0.15) is 0 Å². The number of hydrogen-bond acceptors (Lipinski definition) is 3. The van der Waals surface area contributed by atoms with E-state index in [-0.39, 0.29) is 0 Å². The van der Waals surface area contributed by atoms with Crippen molar-refractivity contribution in [3.8, 4) is 0 Å². The van der Waals surface area contributed by atoms with Crippen LogP contribution in [-0.2, 0) is 6.42 Å². The summed E-state index contributed by atoms with van der Waals surface area (Å²) in [5.74, 6) is 0. The fourth-order valence-corrected chi connectivity index (χ4v) is 1.99. The average Bonchev–Trinajstić information content (AvgIpc) is 2.41. The van der Waals surface area contributed by atoms with Gasteiger partial charge in [0.15, 0.2) is 0 Å². The smallest absolute Gasteiger partial charge is 0.0705 e. The van der Waals surface area contributed by atoms with Gasteiger partial charge in [-0.25, -0.2) is 0 Å². The second kappa shape index (κ2) is 4.45. The van der Waals surface area contributed by atoms with E-state index in [1.165, 1.54) is 0 Å². The molecule has 88 valence electrons. The van der Waals surface area contributed by atoms with E-state index < -0.39 is 0 Å². The molecule has 2 heterocycles. The van der Waals surface area contributed by atoms with Crippen LogP contribution >= 0.6 is 0 Å². The number of aromatic nitrogens is 2. The SMILES string of the molecule is Nc1ccncc1Cc1ccc2ccccc2n1. The molecule has 18 heavy (non-hydrogen) atoms. The number of rotatable bonds is 2. The van der Waals surface area contributed by atoms with Crippen molar-refractivity contribution in [3.63, 3.8) is 0 Å². The third kappa shape index (κ3) is 2.02. The Kier molecular flexibility index (Phi) is 2.65. The Morgan fingerprint density at radius 3 is 2.78 bits per heavy atom. The minimum atomic E-state index is 0.713. The molecule has 0 fully saturated rings. The van der Waals surface area contributed by atoms with Gasteiger partial charge >= 0.3 is 0 Å². The van der Waals surface area contributed by atoms with E-state index in [4.69, 9.17) is 5.73 Å². The molecule has 0 atom stereocenters. The maximum Gasteiger partial charge on any atom is 0.0705 e. The Hall–Kier alpha value is -2.42. The molecule has 3 nitrogen and oxygen atoms in total. The number of anilines is 1. The summed E-state index contributed by atoms with van der Waals surface area (Å²) in [7, 11) is 0. The first kappa shape index (κ1) is 10.7. The van der Waals surface area contributed by atoms with Crippen molar-refractivity contribution in [2.45, 2.75) is 6.42 Å². The molecule has 0 saturated heterocycles. The molecule has 0 unspecified atom stereocenters.